The van der Waals surface area contributed by atoms with Crippen molar-refractivity contribution in [1.29, 1.82) is 0 Å². The molecule has 0 saturated heterocycles. The molecule has 1 N–H and O–H groups in total. The normalized spacial score (nSPS) is 13.2. The number of nitrogens with one attached hydrogen (secondary N) is 1. The van der Waals surface area contributed by atoms with E-state index in [1.54, 1.807) is 19.1 Å². The molecule has 0 aliphatic rings. The Hall–Kier alpha value is -2.07. The maximum atomic E-state index is 13.0. The first-order chi connectivity index (χ1) is 11.3. The number of rotatable bonds is 5. The standard InChI is InChI=1S/C19H21ClFNO2/c1-11-9-17(10-12(2)18(11)20)24-14(4)19(23)22-13(3)15-5-7-16(21)8-6-15/h5-10,13-14H,1-4H3,(H,22,23)/t13-,14+/m0/s1. The summed E-state index contributed by atoms with van der Waals surface area (Å²) in [6.45, 7) is 7.31. The summed E-state index contributed by atoms with van der Waals surface area (Å²) in [7, 11) is 0. The van der Waals surface area contributed by atoms with Crippen LogP contribution in [0.5, 0.6) is 5.75 Å². The van der Waals surface area contributed by atoms with Crippen molar-refractivity contribution in [3.05, 3.63) is 63.9 Å². The number of hydrogen-bond acceptors (Lipinski definition) is 2. The minimum Gasteiger partial charge on any atom is -0.481 e. The van der Waals surface area contributed by atoms with Gasteiger partial charge in [0, 0.05) is 5.02 Å². The summed E-state index contributed by atoms with van der Waals surface area (Å²) in [5.41, 5.74) is 2.63. The lowest BCUT2D eigenvalue weighted by molar-refractivity contribution is -0.127. The SMILES string of the molecule is Cc1cc(O[C@H](C)C(=O)N[C@@H](C)c2ccc(F)cc2)cc(C)c1Cl. The number of carbonyl (C=O) groups excluding carboxylic acids is 1. The van der Waals surface area contributed by atoms with Crippen LogP contribution in [0.25, 0.3) is 0 Å². The first-order valence-electron chi connectivity index (χ1n) is 7.77. The predicted octanol–water partition coefficient (Wildman–Crippen LogP) is 4.74. The molecular formula is C19H21ClFNO2. The molecule has 0 aliphatic heterocycles. The molecule has 0 saturated carbocycles. The van der Waals surface area contributed by atoms with Gasteiger partial charge in [0.05, 0.1) is 6.04 Å². The maximum absolute atomic E-state index is 13.0. The molecule has 2 aromatic carbocycles. The first-order valence-corrected chi connectivity index (χ1v) is 8.15. The highest BCUT2D eigenvalue weighted by Gasteiger charge is 2.18. The molecule has 0 spiro atoms. The van der Waals surface area contributed by atoms with E-state index in [0.717, 1.165) is 16.7 Å². The van der Waals surface area contributed by atoms with Gasteiger partial charge in [-0.15, -0.1) is 0 Å². The fourth-order valence-corrected chi connectivity index (χ4v) is 2.51. The molecule has 0 unspecified atom stereocenters. The van der Waals surface area contributed by atoms with Gasteiger partial charge in [0.15, 0.2) is 6.10 Å². The highest BCUT2D eigenvalue weighted by atomic mass is 35.5. The zero-order chi connectivity index (χ0) is 17.9. The lowest BCUT2D eigenvalue weighted by atomic mass is 10.1. The van der Waals surface area contributed by atoms with E-state index in [4.69, 9.17) is 16.3 Å². The molecule has 2 rings (SSSR count). The summed E-state index contributed by atoms with van der Waals surface area (Å²) in [6, 6.07) is 9.42. The number of amides is 1. The molecule has 3 nitrogen and oxygen atoms in total. The Labute approximate surface area is 146 Å². The van der Waals surface area contributed by atoms with Gasteiger partial charge in [-0.25, -0.2) is 4.39 Å². The van der Waals surface area contributed by atoms with Crippen LogP contribution in [0.1, 0.15) is 36.6 Å². The molecule has 0 aliphatic carbocycles. The van der Waals surface area contributed by atoms with E-state index in [9.17, 15) is 9.18 Å². The largest absolute Gasteiger partial charge is 0.481 e. The fraction of sp³-hybridized carbons (Fsp3) is 0.316. The number of hydrogen-bond donors (Lipinski definition) is 1. The number of carbonyl (C=O) groups is 1. The topological polar surface area (TPSA) is 38.3 Å². The summed E-state index contributed by atoms with van der Waals surface area (Å²) in [4.78, 5) is 12.3. The fourth-order valence-electron chi connectivity index (χ4n) is 2.40. The molecule has 2 aromatic rings. The number of benzene rings is 2. The maximum Gasteiger partial charge on any atom is 0.261 e. The van der Waals surface area contributed by atoms with E-state index >= 15 is 0 Å². The zero-order valence-electron chi connectivity index (χ0n) is 14.2. The number of ether oxygens (including phenoxy) is 1. The van der Waals surface area contributed by atoms with E-state index in [-0.39, 0.29) is 17.8 Å². The van der Waals surface area contributed by atoms with Crippen molar-refractivity contribution in [3.8, 4) is 5.75 Å². The van der Waals surface area contributed by atoms with Gasteiger partial charge in [-0.05, 0) is 68.7 Å². The summed E-state index contributed by atoms with van der Waals surface area (Å²) in [6.07, 6.45) is -0.659. The molecule has 0 aromatic heterocycles. The Bertz CT molecular complexity index is 708. The molecule has 5 heteroatoms. The summed E-state index contributed by atoms with van der Waals surface area (Å²) in [5.74, 6) is 0.0611. The second-order valence-corrected chi connectivity index (χ2v) is 6.29. The third-order valence-corrected chi connectivity index (χ3v) is 4.42. The highest BCUT2D eigenvalue weighted by Crippen LogP contribution is 2.26. The number of aryl methyl sites for hydroxylation is 2. The molecule has 128 valence electrons. The lowest BCUT2D eigenvalue weighted by Gasteiger charge is -2.19. The van der Waals surface area contributed by atoms with Crippen molar-refractivity contribution in [2.75, 3.05) is 0 Å². The van der Waals surface area contributed by atoms with Crippen LogP contribution in [-0.4, -0.2) is 12.0 Å². The van der Waals surface area contributed by atoms with Gasteiger partial charge < -0.3 is 10.1 Å². The Morgan fingerprint density at radius 1 is 1.12 bits per heavy atom. The Morgan fingerprint density at radius 3 is 2.21 bits per heavy atom. The third-order valence-electron chi connectivity index (χ3n) is 3.82. The van der Waals surface area contributed by atoms with Crippen molar-refractivity contribution in [3.63, 3.8) is 0 Å². The monoisotopic (exact) mass is 349 g/mol. The van der Waals surface area contributed by atoms with Crippen molar-refractivity contribution in [2.45, 2.75) is 39.8 Å². The van der Waals surface area contributed by atoms with Crippen LogP contribution in [0.2, 0.25) is 5.02 Å². The van der Waals surface area contributed by atoms with Crippen LogP contribution in [0, 0.1) is 19.7 Å². The van der Waals surface area contributed by atoms with Crippen LogP contribution in [0.3, 0.4) is 0 Å². The minimum absolute atomic E-state index is 0.238. The Morgan fingerprint density at radius 2 is 1.67 bits per heavy atom. The highest BCUT2D eigenvalue weighted by molar-refractivity contribution is 6.32. The third kappa shape index (κ3) is 4.48. The van der Waals surface area contributed by atoms with Gasteiger partial charge in [-0.3, -0.25) is 4.79 Å². The van der Waals surface area contributed by atoms with Crippen LogP contribution < -0.4 is 10.1 Å². The minimum atomic E-state index is -0.659. The number of halogens is 2. The second-order valence-electron chi connectivity index (χ2n) is 5.91. The van der Waals surface area contributed by atoms with Gasteiger partial charge in [-0.1, -0.05) is 23.7 Å². The smallest absolute Gasteiger partial charge is 0.261 e. The first kappa shape index (κ1) is 18.3. The van der Waals surface area contributed by atoms with Crippen LogP contribution in [0.15, 0.2) is 36.4 Å². The van der Waals surface area contributed by atoms with Crippen molar-refractivity contribution >= 4 is 17.5 Å². The van der Waals surface area contributed by atoms with Crippen molar-refractivity contribution < 1.29 is 13.9 Å². The van der Waals surface area contributed by atoms with Gasteiger partial charge in [0.1, 0.15) is 11.6 Å². The average Bonchev–Trinajstić information content (AvgIpc) is 2.52. The second kappa shape index (κ2) is 7.67. The molecule has 0 fully saturated rings. The van der Waals surface area contributed by atoms with E-state index in [1.165, 1.54) is 12.1 Å². The molecule has 0 bridgehead atoms. The van der Waals surface area contributed by atoms with E-state index in [0.29, 0.717) is 10.8 Å². The van der Waals surface area contributed by atoms with Crippen LogP contribution in [-0.2, 0) is 4.79 Å². The Kier molecular flexibility index (Phi) is 5.84. The lowest BCUT2D eigenvalue weighted by Crippen LogP contribution is -2.37. The van der Waals surface area contributed by atoms with E-state index < -0.39 is 6.10 Å². The average molecular weight is 350 g/mol. The quantitative estimate of drug-likeness (QED) is 0.846. The zero-order valence-corrected chi connectivity index (χ0v) is 14.9. The van der Waals surface area contributed by atoms with E-state index in [1.807, 2.05) is 32.9 Å². The predicted molar refractivity (Wildman–Crippen MR) is 94.0 cm³/mol. The van der Waals surface area contributed by atoms with Crippen LogP contribution >= 0.6 is 11.6 Å². The summed E-state index contributed by atoms with van der Waals surface area (Å²) < 4.78 is 18.7. The van der Waals surface area contributed by atoms with Crippen LogP contribution in [0.4, 0.5) is 4.39 Å². The Balaban J connectivity index is 2.00. The molecule has 1 amide bonds. The van der Waals surface area contributed by atoms with Gasteiger partial charge in [0.2, 0.25) is 0 Å². The van der Waals surface area contributed by atoms with Gasteiger partial charge >= 0.3 is 0 Å². The molecule has 0 radical (unpaired) electrons. The van der Waals surface area contributed by atoms with Crippen molar-refractivity contribution in [2.24, 2.45) is 0 Å². The molecule has 0 heterocycles. The summed E-state index contributed by atoms with van der Waals surface area (Å²) >= 11 is 6.13. The van der Waals surface area contributed by atoms with E-state index in [2.05, 4.69) is 5.32 Å². The van der Waals surface area contributed by atoms with Gasteiger partial charge in [-0.2, -0.15) is 0 Å². The molecule has 24 heavy (non-hydrogen) atoms. The molecular weight excluding hydrogens is 329 g/mol. The van der Waals surface area contributed by atoms with Gasteiger partial charge in [0.25, 0.3) is 5.91 Å². The van der Waals surface area contributed by atoms with Crippen molar-refractivity contribution in [1.82, 2.24) is 5.32 Å². The summed E-state index contributed by atoms with van der Waals surface area (Å²) in [5, 5.41) is 3.56. The molecule has 2 atom stereocenters.